The van der Waals surface area contributed by atoms with E-state index in [9.17, 15) is 4.79 Å². The fourth-order valence-electron chi connectivity index (χ4n) is 2.18. The molecule has 1 saturated heterocycles. The van der Waals surface area contributed by atoms with Crippen LogP contribution in [0.25, 0.3) is 0 Å². The van der Waals surface area contributed by atoms with Crippen LogP contribution in [0.2, 0.25) is 0 Å². The maximum atomic E-state index is 12.1. The number of nitrogens with one attached hydrogen (secondary N) is 1. The molecule has 1 aliphatic heterocycles. The van der Waals surface area contributed by atoms with E-state index < -0.39 is 0 Å². The molecule has 0 aromatic carbocycles. The highest BCUT2D eigenvalue weighted by atomic mass is 16.2. The van der Waals surface area contributed by atoms with Crippen LogP contribution in [0.3, 0.4) is 0 Å². The minimum absolute atomic E-state index is 0.197. The SMILES string of the molecule is CN(C(=O)CC1CCNCC1)c1ccncc1. The van der Waals surface area contributed by atoms with Crippen LogP contribution in [0.15, 0.2) is 24.5 Å². The Morgan fingerprint density at radius 2 is 2.06 bits per heavy atom. The van der Waals surface area contributed by atoms with Crippen LogP contribution in [0.1, 0.15) is 19.3 Å². The van der Waals surface area contributed by atoms with Crippen molar-refractivity contribution in [1.29, 1.82) is 0 Å². The second-order valence-corrected chi connectivity index (χ2v) is 4.56. The standard InChI is InChI=1S/C13H19N3O/c1-16(12-4-8-15-9-5-12)13(17)10-11-2-6-14-7-3-11/h4-5,8-9,11,14H,2-3,6-7,10H2,1H3. The first-order chi connectivity index (χ1) is 8.27. The van der Waals surface area contributed by atoms with Crippen LogP contribution >= 0.6 is 0 Å². The van der Waals surface area contributed by atoms with Crippen LogP contribution in [0.5, 0.6) is 0 Å². The summed E-state index contributed by atoms with van der Waals surface area (Å²) >= 11 is 0. The number of anilines is 1. The van der Waals surface area contributed by atoms with Crippen LogP contribution in [-0.2, 0) is 4.79 Å². The number of hydrogen-bond acceptors (Lipinski definition) is 3. The number of piperidine rings is 1. The third kappa shape index (κ3) is 3.27. The normalized spacial score (nSPS) is 16.8. The second-order valence-electron chi connectivity index (χ2n) is 4.56. The summed E-state index contributed by atoms with van der Waals surface area (Å²) in [6, 6.07) is 3.72. The Labute approximate surface area is 102 Å². The molecular weight excluding hydrogens is 214 g/mol. The predicted molar refractivity (Wildman–Crippen MR) is 67.9 cm³/mol. The van der Waals surface area contributed by atoms with Gasteiger partial charge in [0.25, 0.3) is 0 Å². The molecule has 0 atom stereocenters. The second kappa shape index (κ2) is 5.77. The average molecular weight is 233 g/mol. The summed E-state index contributed by atoms with van der Waals surface area (Å²) in [5, 5.41) is 3.32. The van der Waals surface area contributed by atoms with Gasteiger partial charge in [0.05, 0.1) is 0 Å². The first kappa shape index (κ1) is 12.0. The third-order valence-corrected chi connectivity index (χ3v) is 3.35. The maximum Gasteiger partial charge on any atom is 0.226 e. The number of hydrogen-bond donors (Lipinski definition) is 1. The Morgan fingerprint density at radius 3 is 2.71 bits per heavy atom. The van der Waals surface area contributed by atoms with E-state index in [1.54, 1.807) is 17.3 Å². The highest BCUT2D eigenvalue weighted by Crippen LogP contribution is 2.19. The summed E-state index contributed by atoms with van der Waals surface area (Å²) in [6.45, 7) is 2.08. The summed E-state index contributed by atoms with van der Waals surface area (Å²) in [5.41, 5.74) is 0.916. The smallest absolute Gasteiger partial charge is 0.226 e. The topological polar surface area (TPSA) is 45.2 Å². The lowest BCUT2D eigenvalue weighted by Crippen LogP contribution is -2.33. The molecule has 1 aliphatic rings. The van der Waals surface area contributed by atoms with Gasteiger partial charge in [-0.25, -0.2) is 0 Å². The van der Waals surface area contributed by atoms with Crippen molar-refractivity contribution in [3.05, 3.63) is 24.5 Å². The molecule has 4 nitrogen and oxygen atoms in total. The zero-order chi connectivity index (χ0) is 12.1. The average Bonchev–Trinajstić information content (AvgIpc) is 2.40. The van der Waals surface area contributed by atoms with E-state index >= 15 is 0 Å². The number of pyridine rings is 1. The van der Waals surface area contributed by atoms with Crippen molar-refractivity contribution in [3.8, 4) is 0 Å². The van der Waals surface area contributed by atoms with E-state index in [0.717, 1.165) is 31.6 Å². The highest BCUT2D eigenvalue weighted by molar-refractivity contribution is 5.92. The van der Waals surface area contributed by atoms with Gasteiger partial charge in [-0.3, -0.25) is 9.78 Å². The number of aromatic nitrogens is 1. The molecule has 1 amide bonds. The molecule has 0 radical (unpaired) electrons. The van der Waals surface area contributed by atoms with Crippen molar-refractivity contribution < 1.29 is 4.79 Å². The maximum absolute atomic E-state index is 12.1. The van der Waals surface area contributed by atoms with E-state index in [2.05, 4.69) is 10.3 Å². The number of carbonyl (C=O) groups excluding carboxylic acids is 1. The van der Waals surface area contributed by atoms with Crippen molar-refractivity contribution in [1.82, 2.24) is 10.3 Å². The Kier molecular flexibility index (Phi) is 4.09. The van der Waals surface area contributed by atoms with Crippen molar-refractivity contribution in [2.24, 2.45) is 5.92 Å². The Morgan fingerprint density at radius 1 is 1.41 bits per heavy atom. The van der Waals surface area contributed by atoms with Gasteiger partial charge < -0.3 is 10.2 Å². The lowest BCUT2D eigenvalue weighted by molar-refractivity contribution is -0.119. The Balaban J connectivity index is 1.91. The molecule has 0 aliphatic carbocycles. The van der Waals surface area contributed by atoms with Gasteiger partial charge in [-0.05, 0) is 44.0 Å². The summed E-state index contributed by atoms with van der Waals surface area (Å²) in [4.78, 5) is 17.8. The summed E-state index contributed by atoms with van der Waals surface area (Å²) in [7, 11) is 1.83. The molecule has 92 valence electrons. The molecule has 0 saturated carbocycles. The van der Waals surface area contributed by atoms with Crippen LogP contribution in [0.4, 0.5) is 5.69 Å². The third-order valence-electron chi connectivity index (χ3n) is 3.35. The minimum atomic E-state index is 0.197. The van der Waals surface area contributed by atoms with Gasteiger partial charge in [0.1, 0.15) is 0 Å². The molecule has 2 heterocycles. The van der Waals surface area contributed by atoms with E-state index in [-0.39, 0.29) is 5.91 Å². The minimum Gasteiger partial charge on any atom is -0.317 e. The molecule has 0 spiro atoms. The largest absolute Gasteiger partial charge is 0.317 e. The molecule has 4 heteroatoms. The number of carbonyl (C=O) groups is 1. The zero-order valence-corrected chi connectivity index (χ0v) is 10.2. The molecular formula is C13H19N3O. The van der Waals surface area contributed by atoms with Crippen molar-refractivity contribution >= 4 is 11.6 Å². The van der Waals surface area contributed by atoms with Gasteiger partial charge in [-0.15, -0.1) is 0 Å². The van der Waals surface area contributed by atoms with E-state index in [4.69, 9.17) is 0 Å². The molecule has 1 aromatic heterocycles. The van der Waals surface area contributed by atoms with Crippen molar-refractivity contribution in [3.63, 3.8) is 0 Å². The summed E-state index contributed by atoms with van der Waals surface area (Å²) < 4.78 is 0. The van der Waals surface area contributed by atoms with Crippen LogP contribution in [0, 0.1) is 5.92 Å². The molecule has 1 N–H and O–H groups in total. The lowest BCUT2D eigenvalue weighted by atomic mass is 9.94. The number of nitrogens with zero attached hydrogens (tertiary/aromatic N) is 2. The molecule has 2 rings (SSSR count). The molecule has 0 bridgehead atoms. The van der Waals surface area contributed by atoms with Crippen molar-refractivity contribution in [2.45, 2.75) is 19.3 Å². The fourth-order valence-corrected chi connectivity index (χ4v) is 2.18. The van der Waals surface area contributed by atoms with Gasteiger partial charge in [0, 0.05) is 31.5 Å². The lowest BCUT2D eigenvalue weighted by Gasteiger charge is -2.24. The molecule has 0 unspecified atom stereocenters. The first-order valence-corrected chi connectivity index (χ1v) is 6.14. The molecule has 1 fully saturated rings. The Bertz CT molecular complexity index is 360. The first-order valence-electron chi connectivity index (χ1n) is 6.14. The quantitative estimate of drug-likeness (QED) is 0.859. The molecule has 17 heavy (non-hydrogen) atoms. The van der Waals surface area contributed by atoms with Gasteiger partial charge in [-0.2, -0.15) is 0 Å². The van der Waals surface area contributed by atoms with E-state index in [0.29, 0.717) is 12.3 Å². The number of amides is 1. The predicted octanol–water partition coefficient (Wildman–Crippen LogP) is 1.43. The van der Waals surface area contributed by atoms with Crippen molar-refractivity contribution in [2.75, 3.05) is 25.0 Å². The monoisotopic (exact) mass is 233 g/mol. The summed E-state index contributed by atoms with van der Waals surface area (Å²) in [6.07, 6.45) is 6.29. The van der Waals surface area contributed by atoms with Gasteiger partial charge in [-0.1, -0.05) is 0 Å². The van der Waals surface area contributed by atoms with E-state index in [1.165, 1.54) is 0 Å². The van der Waals surface area contributed by atoms with Gasteiger partial charge in [0.2, 0.25) is 5.91 Å². The zero-order valence-electron chi connectivity index (χ0n) is 10.2. The van der Waals surface area contributed by atoms with Gasteiger partial charge in [0.15, 0.2) is 0 Å². The van der Waals surface area contributed by atoms with Crippen LogP contribution in [-0.4, -0.2) is 31.0 Å². The van der Waals surface area contributed by atoms with Crippen LogP contribution < -0.4 is 10.2 Å². The Hall–Kier alpha value is -1.42. The molecule has 1 aromatic rings. The van der Waals surface area contributed by atoms with E-state index in [1.807, 2.05) is 19.2 Å². The fraction of sp³-hybridized carbons (Fsp3) is 0.538. The summed E-state index contributed by atoms with van der Waals surface area (Å²) in [5.74, 6) is 0.733. The highest BCUT2D eigenvalue weighted by Gasteiger charge is 2.19. The van der Waals surface area contributed by atoms with Gasteiger partial charge >= 0.3 is 0 Å². The number of rotatable bonds is 3.